The highest BCUT2D eigenvalue weighted by atomic mass is 32.2. The Hall–Kier alpha value is -1.67. The zero-order valence-corrected chi connectivity index (χ0v) is 11.9. The number of nitrogens with one attached hydrogen (secondary N) is 1. The van der Waals surface area contributed by atoms with Gasteiger partial charge in [-0.15, -0.1) is 10.2 Å². The summed E-state index contributed by atoms with van der Waals surface area (Å²) in [7, 11) is -3.46. The number of aromatic nitrogens is 2. The monoisotopic (exact) mass is 299 g/mol. The van der Waals surface area contributed by atoms with Crippen LogP contribution in [0.3, 0.4) is 0 Å². The van der Waals surface area contributed by atoms with Gasteiger partial charge in [0, 0.05) is 0 Å². The van der Waals surface area contributed by atoms with Crippen LogP contribution >= 0.6 is 11.3 Å². The number of para-hydroxylation sites is 1. The molecule has 0 spiro atoms. The van der Waals surface area contributed by atoms with Gasteiger partial charge in [-0.2, -0.15) is 0 Å². The molecule has 102 valence electrons. The Kier molecular flexibility index (Phi) is 4.33. The van der Waals surface area contributed by atoms with Crippen LogP contribution in [0.5, 0.6) is 5.75 Å². The van der Waals surface area contributed by atoms with E-state index in [-0.39, 0.29) is 17.5 Å². The molecule has 6 nitrogen and oxygen atoms in total. The zero-order chi connectivity index (χ0) is 13.7. The third kappa shape index (κ3) is 4.49. The van der Waals surface area contributed by atoms with Gasteiger partial charge in [-0.1, -0.05) is 29.5 Å². The van der Waals surface area contributed by atoms with Crippen molar-refractivity contribution >= 4 is 26.5 Å². The second kappa shape index (κ2) is 5.98. The van der Waals surface area contributed by atoms with Crippen molar-refractivity contribution in [3.8, 4) is 5.75 Å². The molecule has 19 heavy (non-hydrogen) atoms. The molecule has 1 aromatic carbocycles. The van der Waals surface area contributed by atoms with Crippen molar-refractivity contribution in [3.05, 3.63) is 35.3 Å². The van der Waals surface area contributed by atoms with Crippen molar-refractivity contribution in [2.75, 3.05) is 17.1 Å². The van der Waals surface area contributed by atoms with Gasteiger partial charge in [-0.25, -0.2) is 8.42 Å². The smallest absolute Gasteiger partial charge is 0.237 e. The maximum absolute atomic E-state index is 11.7. The van der Waals surface area contributed by atoms with E-state index in [4.69, 9.17) is 4.74 Å². The fraction of sp³-hybridized carbons (Fsp3) is 0.273. The molecule has 0 saturated carbocycles. The molecule has 0 fully saturated rings. The fourth-order valence-electron chi connectivity index (χ4n) is 1.31. The number of anilines is 1. The minimum absolute atomic E-state index is 0.0805. The lowest BCUT2D eigenvalue weighted by Crippen LogP contribution is -2.21. The van der Waals surface area contributed by atoms with E-state index in [1.807, 2.05) is 18.2 Å². The molecule has 0 unspecified atom stereocenters. The van der Waals surface area contributed by atoms with Crippen LogP contribution < -0.4 is 9.46 Å². The van der Waals surface area contributed by atoms with E-state index < -0.39 is 10.0 Å². The van der Waals surface area contributed by atoms with E-state index in [0.717, 1.165) is 0 Å². The predicted octanol–water partition coefficient (Wildman–Crippen LogP) is 1.67. The normalized spacial score (nSPS) is 11.2. The zero-order valence-electron chi connectivity index (χ0n) is 10.2. The Morgan fingerprint density at radius 1 is 1.26 bits per heavy atom. The summed E-state index contributed by atoms with van der Waals surface area (Å²) in [5.74, 6) is 0.505. The molecule has 1 heterocycles. The van der Waals surface area contributed by atoms with Crippen molar-refractivity contribution in [2.24, 2.45) is 0 Å². The van der Waals surface area contributed by atoms with E-state index in [9.17, 15) is 8.42 Å². The average Bonchev–Trinajstić information content (AvgIpc) is 2.75. The van der Waals surface area contributed by atoms with Crippen LogP contribution in [0.15, 0.2) is 30.3 Å². The standard InChI is InChI=1S/C11H13N3O3S2/c1-9-12-13-11(18-9)14-19(15,16)8-7-17-10-5-3-2-4-6-10/h2-6H,7-8H2,1H3,(H,13,14). The maximum Gasteiger partial charge on any atom is 0.237 e. The van der Waals surface area contributed by atoms with Crippen molar-refractivity contribution in [1.29, 1.82) is 0 Å². The van der Waals surface area contributed by atoms with E-state index in [0.29, 0.717) is 10.8 Å². The molecule has 8 heteroatoms. The third-order valence-electron chi connectivity index (χ3n) is 2.13. The summed E-state index contributed by atoms with van der Waals surface area (Å²) in [5.41, 5.74) is 0. The first kappa shape index (κ1) is 13.8. The van der Waals surface area contributed by atoms with Gasteiger partial charge in [0.05, 0.1) is 0 Å². The molecule has 1 N–H and O–H groups in total. The molecule has 0 saturated heterocycles. The lowest BCUT2D eigenvalue weighted by Gasteiger charge is -2.07. The lowest BCUT2D eigenvalue weighted by atomic mass is 10.3. The number of nitrogens with zero attached hydrogens (tertiary/aromatic N) is 2. The molecule has 2 aromatic rings. The summed E-state index contributed by atoms with van der Waals surface area (Å²) in [6.45, 7) is 1.84. The van der Waals surface area contributed by atoms with Crippen molar-refractivity contribution in [1.82, 2.24) is 10.2 Å². The van der Waals surface area contributed by atoms with Gasteiger partial charge in [0.1, 0.15) is 23.1 Å². The van der Waals surface area contributed by atoms with Crippen LogP contribution in [0.25, 0.3) is 0 Å². The average molecular weight is 299 g/mol. The van der Waals surface area contributed by atoms with E-state index >= 15 is 0 Å². The van der Waals surface area contributed by atoms with E-state index in [1.165, 1.54) is 11.3 Å². The van der Waals surface area contributed by atoms with Gasteiger partial charge in [-0.05, 0) is 19.1 Å². The molecule has 0 amide bonds. The first-order valence-corrected chi connectivity index (χ1v) is 8.00. The van der Waals surface area contributed by atoms with E-state index in [1.54, 1.807) is 19.1 Å². The number of hydrogen-bond donors (Lipinski definition) is 1. The lowest BCUT2D eigenvalue weighted by molar-refractivity contribution is 0.341. The number of rotatable bonds is 6. The molecular weight excluding hydrogens is 286 g/mol. The van der Waals surface area contributed by atoms with Gasteiger partial charge >= 0.3 is 0 Å². The topological polar surface area (TPSA) is 81.2 Å². The molecule has 0 bridgehead atoms. The Labute approximate surface area is 115 Å². The van der Waals surface area contributed by atoms with Crippen LogP contribution in [0, 0.1) is 6.92 Å². The first-order valence-electron chi connectivity index (χ1n) is 5.54. The number of hydrogen-bond acceptors (Lipinski definition) is 6. The van der Waals surface area contributed by atoms with Crippen molar-refractivity contribution in [2.45, 2.75) is 6.92 Å². The molecule has 0 aliphatic carbocycles. The van der Waals surface area contributed by atoms with Gasteiger partial charge < -0.3 is 4.74 Å². The number of ether oxygens (including phenoxy) is 1. The minimum Gasteiger partial charge on any atom is -0.492 e. The number of sulfonamides is 1. The SMILES string of the molecule is Cc1nnc(NS(=O)(=O)CCOc2ccccc2)s1. The Morgan fingerprint density at radius 3 is 2.63 bits per heavy atom. The summed E-state index contributed by atoms with van der Waals surface area (Å²) in [5, 5.41) is 8.43. The van der Waals surface area contributed by atoms with Crippen LogP contribution in [0.2, 0.25) is 0 Å². The molecular formula is C11H13N3O3S2. The molecule has 1 aromatic heterocycles. The summed E-state index contributed by atoms with van der Waals surface area (Å²) in [6, 6.07) is 9.06. The highest BCUT2D eigenvalue weighted by molar-refractivity contribution is 7.92. The van der Waals surface area contributed by atoms with Crippen molar-refractivity contribution < 1.29 is 13.2 Å². The number of aryl methyl sites for hydroxylation is 1. The molecule has 0 atom stereocenters. The Balaban J connectivity index is 1.84. The molecule has 0 radical (unpaired) electrons. The van der Waals surface area contributed by atoms with Gasteiger partial charge in [0.2, 0.25) is 15.2 Å². The second-order valence-corrected chi connectivity index (χ2v) is 6.73. The van der Waals surface area contributed by atoms with Crippen LogP contribution in [-0.2, 0) is 10.0 Å². The van der Waals surface area contributed by atoms with Gasteiger partial charge in [0.25, 0.3) is 0 Å². The molecule has 0 aliphatic rings. The maximum atomic E-state index is 11.7. The summed E-state index contributed by atoms with van der Waals surface area (Å²) in [6.07, 6.45) is 0. The Morgan fingerprint density at radius 2 is 2.00 bits per heavy atom. The van der Waals surface area contributed by atoms with Crippen LogP contribution in [-0.4, -0.2) is 31.0 Å². The fourth-order valence-corrected chi connectivity index (χ4v) is 3.01. The van der Waals surface area contributed by atoms with Crippen LogP contribution in [0.4, 0.5) is 5.13 Å². The summed E-state index contributed by atoms with van der Waals surface area (Å²) < 4.78 is 31.2. The predicted molar refractivity (Wildman–Crippen MR) is 74.0 cm³/mol. The minimum atomic E-state index is -3.46. The summed E-state index contributed by atoms with van der Waals surface area (Å²) >= 11 is 1.19. The van der Waals surface area contributed by atoms with E-state index in [2.05, 4.69) is 14.9 Å². The number of benzene rings is 1. The first-order chi connectivity index (χ1) is 9.05. The molecule has 0 aliphatic heterocycles. The highest BCUT2D eigenvalue weighted by Gasteiger charge is 2.13. The third-order valence-corrected chi connectivity index (χ3v) is 4.22. The van der Waals surface area contributed by atoms with Gasteiger partial charge in [-0.3, -0.25) is 4.72 Å². The summed E-state index contributed by atoms with van der Waals surface area (Å²) in [4.78, 5) is 0. The Bertz CT molecular complexity index is 626. The molecule has 2 rings (SSSR count). The van der Waals surface area contributed by atoms with Crippen LogP contribution in [0.1, 0.15) is 5.01 Å². The van der Waals surface area contributed by atoms with Crippen molar-refractivity contribution in [3.63, 3.8) is 0 Å². The quantitative estimate of drug-likeness (QED) is 0.877. The highest BCUT2D eigenvalue weighted by Crippen LogP contribution is 2.15. The largest absolute Gasteiger partial charge is 0.492 e. The van der Waals surface area contributed by atoms with Gasteiger partial charge in [0.15, 0.2) is 0 Å². The second-order valence-electron chi connectivity index (χ2n) is 3.71.